The molecule has 1 rings (SSSR count). The van der Waals surface area contributed by atoms with E-state index >= 15 is 0 Å². The standard InChI is InChI=1S/C7H16N2S/c1-3-8-4-5-9(10)7(2)6-8/h7,10H,3-6H2,1-2H3/t7-/m1/s1. The number of likely N-dealkylation sites (N-methyl/N-ethyl adjacent to an activating group) is 1. The number of piperazine rings is 1. The Balaban J connectivity index is 2.33. The van der Waals surface area contributed by atoms with Crippen molar-refractivity contribution in [1.82, 2.24) is 9.21 Å². The molecule has 0 radical (unpaired) electrons. The lowest BCUT2D eigenvalue weighted by molar-refractivity contribution is 0.160. The monoisotopic (exact) mass is 160 g/mol. The predicted molar refractivity (Wildman–Crippen MR) is 47.3 cm³/mol. The molecule has 1 fully saturated rings. The Hall–Kier alpha value is 0.270. The minimum atomic E-state index is 0.608. The maximum Gasteiger partial charge on any atom is 0.0299 e. The van der Waals surface area contributed by atoms with Crippen LogP contribution in [0.4, 0.5) is 0 Å². The van der Waals surface area contributed by atoms with E-state index in [1.807, 2.05) is 0 Å². The second kappa shape index (κ2) is 3.60. The minimum Gasteiger partial charge on any atom is -0.301 e. The number of hydrogen-bond donors (Lipinski definition) is 1. The van der Waals surface area contributed by atoms with E-state index in [1.54, 1.807) is 0 Å². The molecule has 1 aliphatic rings. The smallest absolute Gasteiger partial charge is 0.0299 e. The van der Waals surface area contributed by atoms with E-state index in [9.17, 15) is 0 Å². The van der Waals surface area contributed by atoms with Crippen LogP contribution in [0.5, 0.6) is 0 Å². The van der Waals surface area contributed by atoms with E-state index in [4.69, 9.17) is 0 Å². The lowest BCUT2D eigenvalue weighted by Crippen LogP contribution is -2.47. The largest absolute Gasteiger partial charge is 0.301 e. The zero-order chi connectivity index (χ0) is 7.56. The van der Waals surface area contributed by atoms with Gasteiger partial charge in [-0.1, -0.05) is 19.7 Å². The molecule has 2 nitrogen and oxygen atoms in total. The molecular weight excluding hydrogens is 144 g/mol. The van der Waals surface area contributed by atoms with Crippen molar-refractivity contribution in [2.24, 2.45) is 0 Å². The normalized spacial score (nSPS) is 30.9. The van der Waals surface area contributed by atoms with Crippen LogP contribution < -0.4 is 0 Å². The Morgan fingerprint density at radius 2 is 2.20 bits per heavy atom. The Bertz CT molecular complexity index is 108. The highest BCUT2D eigenvalue weighted by molar-refractivity contribution is 7.77. The summed E-state index contributed by atoms with van der Waals surface area (Å²) in [6, 6.07) is 0.608. The van der Waals surface area contributed by atoms with Crippen LogP contribution in [0, 0.1) is 0 Å². The van der Waals surface area contributed by atoms with Crippen LogP contribution in [0.3, 0.4) is 0 Å². The lowest BCUT2D eigenvalue weighted by atomic mass is 10.2. The van der Waals surface area contributed by atoms with E-state index in [-0.39, 0.29) is 0 Å². The highest BCUT2D eigenvalue weighted by atomic mass is 32.1. The molecule has 3 heteroatoms. The molecule has 0 saturated carbocycles. The Labute approximate surface area is 68.7 Å². The molecule has 0 bridgehead atoms. The second-order valence-electron chi connectivity index (χ2n) is 2.91. The molecule has 1 saturated heterocycles. The van der Waals surface area contributed by atoms with E-state index in [0.29, 0.717) is 6.04 Å². The Morgan fingerprint density at radius 1 is 1.50 bits per heavy atom. The summed E-state index contributed by atoms with van der Waals surface area (Å²) < 4.78 is 2.12. The van der Waals surface area contributed by atoms with Gasteiger partial charge in [-0.2, -0.15) is 0 Å². The molecule has 0 unspecified atom stereocenters. The summed E-state index contributed by atoms with van der Waals surface area (Å²) in [5, 5.41) is 0. The van der Waals surface area contributed by atoms with E-state index in [0.717, 1.165) is 6.54 Å². The molecule has 0 aromatic heterocycles. The van der Waals surface area contributed by atoms with E-state index in [2.05, 4.69) is 35.9 Å². The number of hydrogen-bond acceptors (Lipinski definition) is 3. The summed E-state index contributed by atoms with van der Waals surface area (Å²) in [7, 11) is 0. The molecule has 60 valence electrons. The van der Waals surface area contributed by atoms with Gasteiger partial charge in [0.05, 0.1) is 0 Å². The Morgan fingerprint density at radius 3 is 2.70 bits per heavy atom. The summed E-state index contributed by atoms with van der Waals surface area (Å²) >= 11 is 4.34. The lowest BCUT2D eigenvalue weighted by Gasteiger charge is -2.35. The van der Waals surface area contributed by atoms with Gasteiger partial charge in [0.2, 0.25) is 0 Å². The third-order valence-electron chi connectivity index (χ3n) is 2.12. The van der Waals surface area contributed by atoms with Gasteiger partial charge in [-0.25, -0.2) is 4.31 Å². The van der Waals surface area contributed by atoms with Gasteiger partial charge in [-0.3, -0.25) is 0 Å². The third-order valence-corrected chi connectivity index (χ3v) is 2.72. The quantitative estimate of drug-likeness (QED) is 0.568. The van der Waals surface area contributed by atoms with E-state index in [1.165, 1.54) is 19.6 Å². The minimum absolute atomic E-state index is 0.608. The van der Waals surface area contributed by atoms with Crippen LogP contribution in [-0.4, -0.2) is 41.4 Å². The summed E-state index contributed by atoms with van der Waals surface area (Å²) in [6.07, 6.45) is 0. The van der Waals surface area contributed by atoms with Gasteiger partial charge in [-0.05, 0) is 13.5 Å². The van der Waals surface area contributed by atoms with Gasteiger partial charge in [-0.15, -0.1) is 0 Å². The van der Waals surface area contributed by atoms with Crippen LogP contribution in [0.1, 0.15) is 13.8 Å². The van der Waals surface area contributed by atoms with Crippen molar-refractivity contribution in [2.45, 2.75) is 19.9 Å². The predicted octanol–water partition coefficient (Wildman–Crippen LogP) is 0.857. The molecule has 0 aromatic rings. The van der Waals surface area contributed by atoms with Crippen molar-refractivity contribution in [3.63, 3.8) is 0 Å². The summed E-state index contributed by atoms with van der Waals surface area (Å²) in [4.78, 5) is 2.46. The first kappa shape index (κ1) is 8.37. The van der Waals surface area contributed by atoms with Gasteiger partial charge >= 0.3 is 0 Å². The molecule has 1 heterocycles. The molecule has 0 spiro atoms. The Kier molecular flexibility index (Phi) is 3.01. The van der Waals surface area contributed by atoms with E-state index < -0.39 is 0 Å². The van der Waals surface area contributed by atoms with Crippen molar-refractivity contribution in [3.05, 3.63) is 0 Å². The first-order chi connectivity index (χ1) is 4.74. The summed E-state index contributed by atoms with van der Waals surface area (Å²) in [5.41, 5.74) is 0. The SMILES string of the molecule is CCN1CCN(S)[C@H](C)C1. The van der Waals surface area contributed by atoms with Crippen LogP contribution in [0.2, 0.25) is 0 Å². The van der Waals surface area contributed by atoms with Crippen molar-refractivity contribution < 1.29 is 0 Å². The first-order valence-corrected chi connectivity index (χ1v) is 4.32. The van der Waals surface area contributed by atoms with Crippen molar-refractivity contribution >= 4 is 12.8 Å². The van der Waals surface area contributed by atoms with Gasteiger partial charge in [0.25, 0.3) is 0 Å². The third kappa shape index (κ3) is 1.87. The van der Waals surface area contributed by atoms with Crippen molar-refractivity contribution in [3.8, 4) is 0 Å². The summed E-state index contributed by atoms with van der Waals surface area (Å²) in [5.74, 6) is 0. The van der Waals surface area contributed by atoms with Gasteiger partial charge in [0.15, 0.2) is 0 Å². The van der Waals surface area contributed by atoms with Crippen LogP contribution in [0.15, 0.2) is 0 Å². The average Bonchev–Trinajstić information content (AvgIpc) is 1.95. The zero-order valence-corrected chi connectivity index (χ0v) is 7.64. The molecule has 1 atom stereocenters. The highest BCUT2D eigenvalue weighted by Crippen LogP contribution is 2.09. The van der Waals surface area contributed by atoms with Crippen molar-refractivity contribution in [2.75, 3.05) is 26.2 Å². The van der Waals surface area contributed by atoms with Gasteiger partial charge < -0.3 is 4.90 Å². The topological polar surface area (TPSA) is 6.48 Å². The molecule has 1 aliphatic heterocycles. The maximum atomic E-state index is 4.34. The number of rotatable bonds is 1. The molecule has 0 aliphatic carbocycles. The van der Waals surface area contributed by atoms with Crippen LogP contribution in [-0.2, 0) is 0 Å². The fourth-order valence-electron chi connectivity index (χ4n) is 1.31. The first-order valence-electron chi connectivity index (χ1n) is 3.92. The van der Waals surface area contributed by atoms with Gasteiger partial charge in [0, 0.05) is 25.7 Å². The molecular formula is C7H16N2S. The number of nitrogens with zero attached hydrogens (tertiary/aromatic N) is 2. The van der Waals surface area contributed by atoms with Gasteiger partial charge in [0.1, 0.15) is 0 Å². The average molecular weight is 160 g/mol. The summed E-state index contributed by atoms with van der Waals surface area (Å²) in [6.45, 7) is 9.03. The fourth-order valence-corrected chi connectivity index (χ4v) is 1.47. The van der Waals surface area contributed by atoms with Crippen LogP contribution >= 0.6 is 12.8 Å². The molecule has 10 heavy (non-hydrogen) atoms. The highest BCUT2D eigenvalue weighted by Gasteiger charge is 2.19. The number of thiol groups is 1. The molecule has 0 amide bonds. The fraction of sp³-hybridized carbons (Fsp3) is 1.00. The molecule has 0 N–H and O–H groups in total. The molecule has 0 aromatic carbocycles. The zero-order valence-electron chi connectivity index (χ0n) is 6.75. The van der Waals surface area contributed by atoms with Crippen LogP contribution in [0.25, 0.3) is 0 Å². The van der Waals surface area contributed by atoms with Crippen molar-refractivity contribution in [1.29, 1.82) is 0 Å². The second-order valence-corrected chi connectivity index (χ2v) is 3.42. The maximum absolute atomic E-state index is 4.34.